The third-order valence-corrected chi connectivity index (χ3v) is 6.31. The lowest BCUT2D eigenvalue weighted by Gasteiger charge is -2.15. The van der Waals surface area contributed by atoms with Crippen molar-refractivity contribution >= 4 is 28.4 Å². The number of benzene rings is 3. The molecule has 0 radical (unpaired) electrons. The van der Waals surface area contributed by atoms with E-state index in [0.29, 0.717) is 33.1 Å². The number of thioether (sulfide) groups is 1. The standard InChI is InChI=1S/C26H24N2O4S/c1-16-9-11-21(17(2)13-16)28-25(30)19-7-5-6-8-20(19)27-26(28)33-15-22(29)18-10-12-23(31-3)24(14-18)32-4/h5-14H,15H2,1-4H3. The summed E-state index contributed by atoms with van der Waals surface area (Å²) in [6.45, 7) is 3.98. The van der Waals surface area contributed by atoms with Crippen molar-refractivity contribution in [2.75, 3.05) is 20.0 Å². The number of aromatic nitrogens is 2. The lowest BCUT2D eigenvalue weighted by atomic mass is 10.1. The summed E-state index contributed by atoms with van der Waals surface area (Å²) in [6, 6.07) is 18.2. The quantitative estimate of drug-likeness (QED) is 0.220. The minimum Gasteiger partial charge on any atom is -0.493 e. The van der Waals surface area contributed by atoms with Crippen LogP contribution in [0.15, 0.2) is 70.6 Å². The highest BCUT2D eigenvalue weighted by atomic mass is 32.2. The maximum Gasteiger partial charge on any atom is 0.266 e. The second-order valence-electron chi connectivity index (χ2n) is 7.62. The third kappa shape index (κ3) is 4.50. The number of hydrogen-bond acceptors (Lipinski definition) is 6. The normalized spacial score (nSPS) is 10.9. The molecule has 0 bridgehead atoms. The van der Waals surface area contributed by atoms with Crippen molar-refractivity contribution in [2.45, 2.75) is 19.0 Å². The average Bonchev–Trinajstić information content (AvgIpc) is 2.83. The number of carbonyl (C=O) groups excluding carboxylic acids is 1. The first-order chi connectivity index (χ1) is 15.9. The maximum absolute atomic E-state index is 13.4. The zero-order valence-electron chi connectivity index (χ0n) is 18.9. The van der Waals surface area contributed by atoms with Crippen LogP contribution in [0.5, 0.6) is 11.5 Å². The number of para-hydroxylation sites is 1. The van der Waals surface area contributed by atoms with Gasteiger partial charge in [0.05, 0.1) is 36.6 Å². The Morgan fingerprint density at radius 1 is 0.970 bits per heavy atom. The number of rotatable bonds is 7. The Balaban J connectivity index is 1.74. The number of Topliss-reactive ketones (excluding diaryl/α,β-unsaturated/α-hetero) is 1. The zero-order valence-corrected chi connectivity index (χ0v) is 19.7. The van der Waals surface area contributed by atoms with Gasteiger partial charge in [0.25, 0.3) is 5.56 Å². The smallest absolute Gasteiger partial charge is 0.266 e. The molecule has 0 aliphatic heterocycles. The van der Waals surface area contributed by atoms with Crippen molar-refractivity contribution < 1.29 is 14.3 Å². The second kappa shape index (κ2) is 9.50. The van der Waals surface area contributed by atoms with E-state index < -0.39 is 0 Å². The van der Waals surface area contributed by atoms with Crippen molar-refractivity contribution in [3.63, 3.8) is 0 Å². The van der Waals surface area contributed by atoms with E-state index in [4.69, 9.17) is 14.5 Å². The molecule has 0 aliphatic carbocycles. The lowest BCUT2D eigenvalue weighted by Crippen LogP contribution is -2.23. The van der Waals surface area contributed by atoms with E-state index in [1.807, 2.05) is 50.2 Å². The molecule has 1 heterocycles. The van der Waals surface area contributed by atoms with E-state index in [1.165, 1.54) is 18.9 Å². The topological polar surface area (TPSA) is 70.4 Å². The number of carbonyl (C=O) groups is 1. The molecule has 0 spiro atoms. The molecule has 6 nitrogen and oxygen atoms in total. The number of fused-ring (bicyclic) bond motifs is 1. The number of nitrogens with zero attached hydrogens (tertiary/aromatic N) is 2. The molecule has 0 unspecified atom stereocenters. The predicted molar refractivity (Wildman–Crippen MR) is 131 cm³/mol. The van der Waals surface area contributed by atoms with E-state index in [-0.39, 0.29) is 17.1 Å². The molecule has 4 aromatic rings. The number of hydrogen-bond donors (Lipinski definition) is 0. The van der Waals surface area contributed by atoms with Crippen molar-refractivity contribution in [3.8, 4) is 17.2 Å². The van der Waals surface area contributed by atoms with Crippen LogP contribution in [0.25, 0.3) is 16.6 Å². The molecular weight excluding hydrogens is 436 g/mol. The second-order valence-corrected chi connectivity index (χ2v) is 8.57. The van der Waals surface area contributed by atoms with Crippen LogP contribution in [0, 0.1) is 13.8 Å². The third-order valence-electron chi connectivity index (χ3n) is 5.38. The first kappa shape index (κ1) is 22.6. The number of ketones is 1. The molecule has 0 fully saturated rings. The van der Waals surface area contributed by atoms with Gasteiger partial charge in [-0.3, -0.25) is 14.2 Å². The number of methoxy groups -OCH3 is 2. The minimum atomic E-state index is -0.159. The molecular formula is C26H24N2O4S. The van der Waals surface area contributed by atoms with E-state index >= 15 is 0 Å². The van der Waals surface area contributed by atoms with Gasteiger partial charge in [-0.25, -0.2) is 4.98 Å². The molecule has 0 saturated heterocycles. The van der Waals surface area contributed by atoms with E-state index in [0.717, 1.165) is 16.8 Å². The van der Waals surface area contributed by atoms with Crippen LogP contribution < -0.4 is 15.0 Å². The molecule has 0 amide bonds. The van der Waals surface area contributed by atoms with Crippen molar-refractivity contribution in [1.82, 2.24) is 9.55 Å². The van der Waals surface area contributed by atoms with Crippen molar-refractivity contribution in [1.29, 1.82) is 0 Å². The Bertz CT molecular complexity index is 1410. The van der Waals surface area contributed by atoms with Gasteiger partial charge in [-0.05, 0) is 55.8 Å². The van der Waals surface area contributed by atoms with E-state index in [2.05, 4.69) is 0 Å². The van der Waals surface area contributed by atoms with Gasteiger partial charge in [0.2, 0.25) is 0 Å². The van der Waals surface area contributed by atoms with Gasteiger partial charge in [0.15, 0.2) is 22.4 Å². The summed E-state index contributed by atoms with van der Waals surface area (Å²) >= 11 is 1.24. The van der Waals surface area contributed by atoms with Crippen molar-refractivity contribution in [3.05, 3.63) is 87.7 Å². The first-order valence-electron chi connectivity index (χ1n) is 10.4. The van der Waals surface area contributed by atoms with Crippen LogP contribution in [-0.4, -0.2) is 35.3 Å². The maximum atomic E-state index is 13.4. The van der Waals surface area contributed by atoms with Crippen molar-refractivity contribution in [2.24, 2.45) is 0 Å². The SMILES string of the molecule is COc1ccc(C(=O)CSc2nc3ccccc3c(=O)n2-c2ccc(C)cc2C)cc1OC. The van der Waals surface area contributed by atoms with Crippen LogP contribution in [0.3, 0.4) is 0 Å². The molecule has 0 saturated carbocycles. The first-order valence-corrected chi connectivity index (χ1v) is 11.4. The van der Waals surface area contributed by atoms with Gasteiger partial charge < -0.3 is 9.47 Å². The van der Waals surface area contributed by atoms with Gasteiger partial charge in [-0.2, -0.15) is 0 Å². The van der Waals surface area contributed by atoms with Crippen LogP contribution in [-0.2, 0) is 0 Å². The Morgan fingerprint density at radius 3 is 2.45 bits per heavy atom. The summed E-state index contributed by atoms with van der Waals surface area (Å²) < 4.78 is 12.2. The summed E-state index contributed by atoms with van der Waals surface area (Å²) in [7, 11) is 3.08. The van der Waals surface area contributed by atoms with E-state index in [9.17, 15) is 9.59 Å². The van der Waals surface area contributed by atoms with Gasteiger partial charge in [0.1, 0.15) is 0 Å². The van der Waals surface area contributed by atoms with Gasteiger partial charge in [-0.15, -0.1) is 0 Å². The summed E-state index contributed by atoms with van der Waals surface area (Å²) in [6.07, 6.45) is 0. The fraction of sp³-hybridized carbons (Fsp3) is 0.192. The fourth-order valence-electron chi connectivity index (χ4n) is 3.70. The number of aryl methyl sites for hydroxylation is 2. The van der Waals surface area contributed by atoms with Crippen LogP contribution in [0.2, 0.25) is 0 Å². The largest absolute Gasteiger partial charge is 0.493 e. The summed E-state index contributed by atoms with van der Waals surface area (Å²) in [5.41, 5.74) is 3.77. The molecule has 168 valence electrons. The monoisotopic (exact) mass is 460 g/mol. The highest BCUT2D eigenvalue weighted by Crippen LogP contribution is 2.29. The summed E-state index contributed by atoms with van der Waals surface area (Å²) in [5.74, 6) is 1.06. The van der Waals surface area contributed by atoms with E-state index in [1.54, 1.807) is 35.9 Å². The molecule has 1 aromatic heterocycles. The molecule has 3 aromatic carbocycles. The molecule has 7 heteroatoms. The van der Waals surface area contributed by atoms with Crippen LogP contribution in [0.1, 0.15) is 21.5 Å². The summed E-state index contributed by atoms with van der Waals surface area (Å²) in [4.78, 5) is 31.1. The molecule has 0 aliphatic rings. The average molecular weight is 461 g/mol. The van der Waals surface area contributed by atoms with Gasteiger partial charge in [-0.1, -0.05) is 41.6 Å². The fourth-order valence-corrected chi connectivity index (χ4v) is 4.60. The zero-order chi connectivity index (χ0) is 23.5. The highest BCUT2D eigenvalue weighted by Gasteiger charge is 2.17. The van der Waals surface area contributed by atoms with Crippen LogP contribution >= 0.6 is 11.8 Å². The number of ether oxygens (including phenoxy) is 2. The lowest BCUT2D eigenvalue weighted by molar-refractivity contribution is 0.102. The molecule has 33 heavy (non-hydrogen) atoms. The Hall–Kier alpha value is -3.58. The molecule has 0 atom stereocenters. The predicted octanol–water partition coefficient (Wildman–Crippen LogP) is 4.99. The molecule has 0 N–H and O–H groups in total. The van der Waals surface area contributed by atoms with Crippen LogP contribution in [0.4, 0.5) is 0 Å². The summed E-state index contributed by atoms with van der Waals surface area (Å²) in [5, 5.41) is 1.01. The minimum absolute atomic E-state index is 0.101. The highest BCUT2D eigenvalue weighted by molar-refractivity contribution is 7.99. The Kier molecular flexibility index (Phi) is 6.51. The Labute approximate surface area is 196 Å². The molecule has 4 rings (SSSR count). The Morgan fingerprint density at radius 2 is 1.73 bits per heavy atom. The van der Waals surface area contributed by atoms with Gasteiger partial charge in [0, 0.05) is 5.56 Å². The van der Waals surface area contributed by atoms with Gasteiger partial charge >= 0.3 is 0 Å².